The van der Waals surface area contributed by atoms with Gasteiger partial charge in [0.1, 0.15) is 54.9 Å². The molecule has 11 unspecified atom stereocenters. The first-order valence-corrected chi connectivity index (χ1v) is 30.7. The van der Waals surface area contributed by atoms with Crippen molar-refractivity contribution in [3.8, 4) is 0 Å². The summed E-state index contributed by atoms with van der Waals surface area (Å²) in [6.07, 6.45) is 43.2. The topological polar surface area (TPSA) is 214 Å². The Balaban J connectivity index is 1.68. The first-order chi connectivity index (χ1) is 37.1. The zero-order chi connectivity index (χ0) is 55.1. The molecule has 2 heterocycles. The summed E-state index contributed by atoms with van der Waals surface area (Å²) in [5.74, 6) is -0.384. The van der Waals surface area contributed by atoms with E-state index in [1.807, 2.05) is 0 Å². The average molecular weight is 1080 g/mol. The van der Waals surface area contributed by atoms with E-state index in [1.54, 1.807) is 0 Å². The van der Waals surface area contributed by atoms with Crippen LogP contribution in [0.15, 0.2) is 48.6 Å². The van der Waals surface area contributed by atoms with Gasteiger partial charge < -0.3 is 64.2 Å². The van der Waals surface area contributed by atoms with Crippen LogP contribution in [-0.4, -0.2) is 142 Å². The van der Waals surface area contributed by atoms with Crippen molar-refractivity contribution in [1.82, 2.24) is 0 Å². The summed E-state index contributed by atoms with van der Waals surface area (Å²) in [4.78, 5) is 13.1. The maximum absolute atomic E-state index is 13.1. The van der Waals surface area contributed by atoms with Crippen molar-refractivity contribution in [3.63, 3.8) is 0 Å². The normalized spacial score (nSPS) is 24.8. The highest BCUT2D eigenvalue weighted by molar-refractivity contribution is 5.69. The first-order valence-electron chi connectivity index (χ1n) is 30.7. The van der Waals surface area contributed by atoms with E-state index in [9.17, 15) is 40.5 Å². The number of aliphatic hydroxyl groups is 7. The predicted octanol–water partition coefficient (Wildman–Crippen LogP) is 11.5. The summed E-state index contributed by atoms with van der Waals surface area (Å²) in [5, 5.41) is 72.4. The van der Waals surface area contributed by atoms with Crippen LogP contribution in [0.4, 0.5) is 0 Å². The standard InChI is InChI=1S/C62H112O14/c1-3-5-7-9-11-13-15-17-19-21-22-23-24-25-26-27-28-29-30-32-34-36-38-40-42-44-46-71-48-51(74-54(64)45-43-41-39-37-35-33-31-20-18-16-14-12-10-8-6-4-2)49-72-61-60(70)58(68)56(66)53(76-61)50-73-62-59(69)57(67)55(65)52(47-63)75-62/h15,17,20-22,24-25,31,51-53,55-63,65-70H,3-14,16,18-19,23,26-30,32-50H2,1-2H3/b17-15-,22-21-,25-24-,31-20-. The van der Waals surface area contributed by atoms with Crippen molar-refractivity contribution in [2.24, 2.45) is 0 Å². The largest absolute Gasteiger partial charge is 0.457 e. The van der Waals surface area contributed by atoms with E-state index >= 15 is 0 Å². The Labute approximate surface area is 461 Å². The summed E-state index contributed by atoms with van der Waals surface area (Å²) < 4.78 is 34.4. The number of esters is 1. The molecule has 76 heavy (non-hydrogen) atoms. The monoisotopic (exact) mass is 1080 g/mol. The fraction of sp³-hybridized carbons (Fsp3) is 0.855. The molecule has 0 spiro atoms. The van der Waals surface area contributed by atoms with Crippen molar-refractivity contribution in [2.45, 2.75) is 306 Å². The molecule has 0 aromatic carbocycles. The smallest absolute Gasteiger partial charge is 0.306 e. The molecule has 0 radical (unpaired) electrons. The van der Waals surface area contributed by atoms with Crippen LogP contribution in [0.25, 0.3) is 0 Å². The average Bonchev–Trinajstić information content (AvgIpc) is 3.42. The van der Waals surface area contributed by atoms with Crippen molar-refractivity contribution in [3.05, 3.63) is 48.6 Å². The summed E-state index contributed by atoms with van der Waals surface area (Å²) in [6.45, 7) is 3.68. The number of carbonyl (C=O) groups excluding carboxylic acids is 1. The number of ether oxygens (including phenoxy) is 6. The Kier molecular flexibility index (Phi) is 45.0. The minimum atomic E-state index is -1.71. The van der Waals surface area contributed by atoms with Crippen molar-refractivity contribution in [1.29, 1.82) is 0 Å². The number of allylic oxidation sites excluding steroid dienone is 8. The summed E-state index contributed by atoms with van der Waals surface area (Å²) in [6, 6.07) is 0. The second kappa shape index (κ2) is 48.8. The van der Waals surface area contributed by atoms with Crippen LogP contribution in [0.3, 0.4) is 0 Å². The zero-order valence-electron chi connectivity index (χ0n) is 47.7. The van der Waals surface area contributed by atoms with Gasteiger partial charge in [0.05, 0.1) is 26.4 Å². The van der Waals surface area contributed by atoms with Crippen LogP contribution >= 0.6 is 0 Å². The summed E-state index contributed by atoms with van der Waals surface area (Å²) >= 11 is 0. The van der Waals surface area contributed by atoms with E-state index in [4.69, 9.17) is 28.4 Å². The lowest BCUT2D eigenvalue weighted by Gasteiger charge is -2.42. The maximum atomic E-state index is 13.1. The van der Waals surface area contributed by atoms with Gasteiger partial charge in [-0.1, -0.05) is 204 Å². The Morgan fingerprint density at radius 2 is 0.816 bits per heavy atom. The highest BCUT2D eigenvalue weighted by atomic mass is 16.7. The van der Waals surface area contributed by atoms with Crippen LogP contribution < -0.4 is 0 Å². The fourth-order valence-corrected chi connectivity index (χ4v) is 9.58. The first kappa shape index (κ1) is 70.1. The molecule has 11 atom stereocenters. The van der Waals surface area contributed by atoms with E-state index < -0.39 is 80.7 Å². The molecule has 2 fully saturated rings. The zero-order valence-corrected chi connectivity index (χ0v) is 47.7. The molecular weight excluding hydrogens is 969 g/mol. The molecule has 0 bridgehead atoms. The molecule has 2 rings (SSSR count). The predicted molar refractivity (Wildman–Crippen MR) is 303 cm³/mol. The third-order valence-corrected chi connectivity index (χ3v) is 14.6. The third-order valence-electron chi connectivity index (χ3n) is 14.6. The molecule has 14 nitrogen and oxygen atoms in total. The van der Waals surface area contributed by atoms with Crippen LogP contribution in [0, 0.1) is 0 Å². The van der Waals surface area contributed by atoms with E-state index in [2.05, 4.69) is 62.5 Å². The minimum Gasteiger partial charge on any atom is -0.457 e. The number of aliphatic hydroxyl groups excluding tert-OH is 7. The summed E-state index contributed by atoms with van der Waals surface area (Å²) in [5.41, 5.74) is 0. The quantitative estimate of drug-likeness (QED) is 0.0172. The Morgan fingerprint density at radius 3 is 1.29 bits per heavy atom. The third kappa shape index (κ3) is 34.8. The van der Waals surface area contributed by atoms with Crippen LogP contribution in [0.5, 0.6) is 0 Å². The van der Waals surface area contributed by atoms with Gasteiger partial charge in [0, 0.05) is 13.0 Å². The molecule has 2 saturated heterocycles. The molecule has 2 aliphatic heterocycles. The van der Waals surface area contributed by atoms with Crippen molar-refractivity contribution < 1.29 is 69.0 Å². The maximum Gasteiger partial charge on any atom is 0.306 e. The molecule has 444 valence electrons. The van der Waals surface area contributed by atoms with Gasteiger partial charge in [-0.25, -0.2) is 0 Å². The van der Waals surface area contributed by atoms with Gasteiger partial charge in [-0.3, -0.25) is 4.79 Å². The molecule has 0 aromatic rings. The molecule has 2 aliphatic rings. The number of hydrogen-bond donors (Lipinski definition) is 7. The van der Waals surface area contributed by atoms with Crippen LogP contribution in [-0.2, 0) is 33.2 Å². The Bertz CT molecular complexity index is 1440. The summed E-state index contributed by atoms with van der Waals surface area (Å²) in [7, 11) is 0. The minimum absolute atomic E-state index is 0.0565. The van der Waals surface area contributed by atoms with E-state index in [-0.39, 0.29) is 25.6 Å². The van der Waals surface area contributed by atoms with E-state index in [0.29, 0.717) is 13.0 Å². The second-order valence-corrected chi connectivity index (χ2v) is 21.5. The second-order valence-electron chi connectivity index (χ2n) is 21.5. The highest BCUT2D eigenvalue weighted by Gasteiger charge is 2.47. The molecule has 14 heteroatoms. The highest BCUT2D eigenvalue weighted by Crippen LogP contribution is 2.27. The lowest BCUT2D eigenvalue weighted by atomic mass is 9.98. The SMILES string of the molecule is CCCCCCC/C=C\C/C=C\C/C=C\CCCCCCCCCCCCCOCC(COC1OC(COC2OC(CO)C(O)C(O)C2O)C(O)C(O)C1O)OC(=O)CCCCCCC/C=C\CCCCCCCCC. The Hall–Kier alpha value is -2.05. The van der Waals surface area contributed by atoms with Crippen LogP contribution in [0.1, 0.15) is 239 Å². The molecule has 0 saturated carbocycles. The lowest BCUT2D eigenvalue weighted by molar-refractivity contribution is -0.332. The van der Waals surface area contributed by atoms with Gasteiger partial charge in [0.2, 0.25) is 0 Å². The van der Waals surface area contributed by atoms with Gasteiger partial charge in [-0.05, 0) is 77.0 Å². The van der Waals surface area contributed by atoms with Gasteiger partial charge in [0.25, 0.3) is 0 Å². The number of rotatable bonds is 50. The molecular formula is C62H112O14. The number of unbranched alkanes of at least 4 members (excludes halogenated alkanes) is 28. The molecule has 7 N–H and O–H groups in total. The van der Waals surface area contributed by atoms with Crippen LogP contribution in [0.2, 0.25) is 0 Å². The van der Waals surface area contributed by atoms with E-state index in [1.165, 1.54) is 141 Å². The van der Waals surface area contributed by atoms with Crippen molar-refractivity contribution >= 4 is 5.97 Å². The molecule has 0 amide bonds. The Morgan fingerprint density at radius 1 is 0.434 bits per heavy atom. The van der Waals surface area contributed by atoms with Gasteiger partial charge in [-0.15, -0.1) is 0 Å². The van der Waals surface area contributed by atoms with Gasteiger partial charge in [-0.2, -0.15) is 0 Å². The van der Waals surface area contributed by atoms with E-state index in [0.717, 1.165) is 70.6 Å². The van der Waals surface area contributed by atoms with Crippen molar-refractivity contribution in [2.75, 3.05) is 33.0 Å². The lowest BCUT2D eigenvalue weighted by Crippen LogP contribution is -2.61. The number of carbonyl (C=O) groups is 1. The van der Waals surface area contributed by atoms with Gasteiger partial charge in [0.15, 0.2) is 12.6 Å². The molecule has 0 aromatic heterocycles. The number of hydrogen-bond acceptors (Lipinski definition) is 14. The van der Waals surface area contributed by atoms with Gasteiger partial charge >= 0.3 is 5.97 Å². The molecule has 0 aliphatic carbocycles. The fourth-order valence-electron chi connectivity index (χ4n) is 9.58.